The number of rotatable bonds is 5. The van der Waals surface area contributed by atoms with Gasteiger partial charge in [-0.2, -0.15) is 0 Å². The number of aliphatic hydroxyl groups is 1. The van der Waals surface area contributed by atoms with E-state index < -0.39 is 5.60 Å². The first-order valence-electron chi connectivity index (χ1n) is 5.21. The molecule has 0 radical (unpaired) electrons. The summed E-state index contributed by atoms with van der Waals surface area (Å²) in [6.07, 6.45) is 0.573. The van der Waals surface area contributed by atoms with Crippen molar-refractivity contribution in [3.63, 3.8) is 0 Å². The Morgan fingerprint density at radius 2 is 1.71 bits per heavy atom. The molecule has 0 spiro atoms. The first kappa shape index (κ1) is 14.8. The zero-order valence-corrected chi connectivity index (χ0v) is 13.3. The quantitative estimate of drug-likeness (QED) is 0.861. The van der Waals surface area contributed by atoms with E-state index >= 15 is 0 Å². The molecule has 1 N–H and O–H groups in total. The van der Waals surface area contributed by atoms with Crippen LogP contribution >= 0.6 is 31.9 Å². The van der Waals surface area contributed by atoms with Gasteiger partial charge in [-0.15, -0.1) is 0 Å². The Morgan fingerprint density at radius 3 is 2.24 bits per heavy atom. The number of ether oxygens (including phenoxy) is 2. The van der Waals surface area contributed by atoms with Crippen LogP contribution in [0.15, 0.2) is 21.1 Å². The van der Waals surface area contributed by atoms with Crippen LogP contribution in [-0.2, 0) is 0 Å². The van der Waals surface area contributed by atoms with Crippen molar-refractivity contribution in [3.8, 4) is 11.5 Å². The molecule has 0 aliphatic rings. The van der Waals surface area contributed by atoms with Crippen molar-refractivity contribution in [2.75, 3.05) is 13.7 Å². The van der Waals surface area contributed by atoms with Crippen molar-refractivity contribution in [1.82, 2.24) is 0 Å². The van der Waals surface area contributed by atoms with E-state index in [1.807, 2.05) is 12.1 Å². The van der Waals surface area contributed by atoms with Crippen molar-refractivity contribution >= 4 is 31.9 Å². The molecule has 5 heteroatoms. The monoisotopic (exact) mass is 366 g/mol. The summed E-state index contributed by atoms with van der Waals surface area (Å²) in [4.78, 5) is 0. The molecule has 0 atom stereocenters. The van der Waals surface area contributed by atoms with E-state index in [1.54, 1.807) is 21.0 Å². The summed E-state index contributed by atoms with van der Waals surface area (Å²) in [5.74, 6) is 1.47. The van der Waals surface area contributed by atoms with Gasteiger partial charge in [-0.1, -0.05) is 0 Å². The third kappa shape index (κ3) is 4.85. The molecule has 17 heavy (non-hydrogen) atoms. The molecule has 96 valence electrons. The second-order valence-corrected chi connectivity index (χ2v) is 6.04. The maximum absolute atomic E-state index is 9.58. The first-order chi connectivity index (χ1) is 7.83. The van der Waals surface area contributed by atoms with Crippen LogP contribution in [0, 0.1) is 0 Å². The van der Waals surface area contributed by atoms with Crippen molar-refractivity contribution in [3.05, 3.63) is 21.1 Å². The van der Waals surface area contributed by atoms with Gasteiger partial charge in [0.1, 0.15) is 11.5 Å². The molecule has 0 unspecified atom stereocenters. The van der Waals surface area contributed by atoms with Crippen molar-refractivity contribution in [2.45, 2.75) is 25.9 Å². The van der Waals surface area contributed by atoms with Gasteiger partial charge in [0, 0.05) is 6.42 Å². The highest BCUT2D eigenvalue weighted by Crippen LogP contribution is 2.36. The standard InChI is InChI=1S/C12H16Br2O3/c1-12(2,15)4-5-17-11-7-8(13)10(16-3)6-9(11)14/h6-7,15H,4-5H2,1-3H3. The molecule has 1 rings (SSSR count). The van der Waals surface area contributed by atoms with Crippen molar-refractivity contribution < 1.29 is 14.6 Å². The van der Waals surface area contributed by atoms with Gasteiger partial charge in [-0.25, -0.2) is 0 Å². The number of hydrogen-bond donors (Lipinski definition) is 1. The summed E-state index contributed by atoms with van der Waals surface area (Å²) in [5, 5.41) is 9.58. The highest BCUT2D eigenvalue weighted by Gasteiger charge is 2.13. The lowest BCUT2D eigenvalue weighted by Gasteiger charge is -2.18. The van der Waals surface area contributed by atoms with Gasteiger partial charge in [0.15, 0.2) is 0 Å². The summed E-state index contributed by atoms with van der Waals surface area (Å²) in [6.45, 7) is 3.98. The summed E-state index contributed by atoms with van der Waals surface area (Å²) in [7, 11) is 1.61. The third-order valence-electron chi connectivity index (χ3n) is 2.18. The summed E-state index contributed by atoms with van der Waals surface area (Å²) < 4.78 is 12.4. The van der Waals surface area contributed by atoms with E-state index in [-0.39, 0.29) is 0 Å². The average molecular weight is 368 g/mol. The van der Waals surface area contributed by atoms with Crippen LogP contribution in [-0.4, -0.2) is 24.4 Å². The molecule has 0 aliphatic carbocycles. The lowest BCUT2D eigenvalue weighted by Crippen LogP contribution is -2.21. The van der Waals surface area contributed by atoms with Crippen molar-refractivity contribution in [2.24, 2.45) is 0 Å². The maximum atomic E-state index is 9.58. The predicted octanol–water partition coefficient (Wildman–Crippen LogP) is 3.76. The SMILES string of the molecule is COc1cc(Br)c(OCCC(C)(C)O)cc1Br. The van der Waals surface area contributed by atoms with Crippen LogP contribution in [0.4, 0.5) is 0 Å². The molecule has 0 aliphatic heterocycles. The molecule has 1 aromatic rings. The minimum absolute atomic E-state index is 0.459. The Bertz CT molecular complexity index is 386. The molecule has 3 nitrogen and oxygen atoms in total. The zero-order valence-electron chi connectivity index (χ0n) is 10.1. The highest BCUT2D eigenvalue weighted by molar-refractivity contribution is 9.11. The predicted molar refractivity (Wildman–Crippen MR) is 74.8 cm³/mol. The Hall–Kier alpha value is -0.260. The molecule has 1 aromatic carbocycles. The Balaban J connectivity index is 2.69. The van der Waals surface area contributed by atoms with E-state index in [1.165, 1.54) is 0 Å². The van der Waals surface area contributed by atoms with Crippen LogP contribution in [0.3, 0.4) is 0 Å². The van der Waals surface area contributed by atoms with Crippen LogP contribution < -0.4 is 9.47 Å². The Morgan fingerprint density at radius 1 is 1.18 bits per heavy atom. The van der Waals surface area contributed by atoms with Gasteiger partial charge >= 0.3 is 0 Å². The van der Waals surface area contributed by atoms with E-state index in [0.29, 0.717) is 13.0 Å². The zero-order chi connectivity index (χ0) is 13.1. The molecular formula is C12H16Br2O3. The fourth-order valence-corrected chi connectivity index (χ4v) is 2.11. The van der Waals surface area contributed by atoms with Crippen molar-refractivity contribution in [1.29, 1.82) is 0 Å². The molecule has 0 fully saturated rings. The largest absolute Gasteiger partial charge is 0.496 e. The van der Waals surface area contributed by atoms with Gasteiger partial charge in [-0.3, -0.25) is 0 Å². The molecule has 0 saturated heterocycles. The second-order valence-electron chi connectivity index (χ2n) is 4.33. The summed E-state index contributed by atoms with van der Waals surface area (Å²) >= 11 is 6.81. The van der Waals surface area contributed by atoms with E-state index in [4.69, 9.17) is 9.47 Å². The van der Waals surface area contributed by atoms with Gasteiger partial charge in [0.2, 0.25) is 0 Å². The van der Waals surface area contributed by atoms with Gasteiger partial charge in [0.25, 0.3) is 0 Å². The normalized spacial score (nSPS) is 11.4. The molecule has 0 bridgehead atoms. The average Bonchev–Trinajstić information content (AvgIpc) is 2.20. The maximum Gasteiger partial charge on any atom is 0.134 e. The van der Waals surface area contributed by atoms with Gasteiger partial charge < -0.3 is 14.6 Å². The number of benzene rings is 1. The van der Waals surface area contributed by atoms with Crippen LogP contribution in [0.5, 0.6) is 11.5 Å². The second kappa shape index (κ2) is 6.07. The lowest BCUT2D eigenvalue weighted by atomic mass is 10.1. The highest BCUT2D eigenvalue weighted by atomic mass is 79.9. The number of hydrogen-bond acceptors (Lipinski definition) is 3. The molecule has 0 heterocycles. The summed E-state index contributed by atoms with van der Waals surface area (Å²) in [6, 6.07) is 3.68. The fraction of sp³-hybridized carbons (Fsp3) is 0.500. The Labute approximate surface area is 118 Å². The van der Waals surface area contributed by atoms with Gasteiger partial charge in [-0.05, 0) is 57.8 Å². The smallest absolute Gasteiger partial charge is 0.134 e. The molecule has 0 aromatic heterocycles. The first-order valence-corrected chi connectivity index (χ1v) is 6.80. The third-order valence-corrected chi connectivity index (χ3v) is 3.42. The molecular weight excluding hydrogens is 352 g/mol. The number of methoxy groups -OCH3 is 1. The van der Waals surface area contributed by atoms with Crippen LogP contribution in [0.1, 0.15) is 20.3 Å². The fourth-order valence-electron chi connectivity index (χ4n) is 1.19. The summed E-state index contributed by atoms with van der Waals surface area (Å²) in [5.41, 5.74) is -0.712. The topological polar surface area (TPSA) is 38.7 Å². The minimum Gasteiger partial charge on any atom is -0.496 e. The van der Waals surface area contributed by atoms with E-state index in [9.17, 15) is 5.11 Å². The molecule has 0 amide bonds. The van der Waals surface area contributed by atoms with Crippen LogP contribution in [0.25, 0.3) is 0 Å². The Kier molecular flexibility index (Phi) is 5.28. The lowest BCUT2D eigenvalue weighted by molar-refractivity contribution is 0.0552. The molecule has 0 saturated carbocycles. The van der Waals surface area contributed by atoms with E-state index in [2.05, 4.69) is 31.9 Å². The minimum atomic E-state index is -0.712. The number of halogens is 2. The van der Waals surface area contributed by atoms with Gasteiger partial charge in [0.05, 0.1) is 28.3 Å². The van der Waals surface area contributed by atoms with E-state index in [0.717, 1.165) is 20.4 Å². The van der Waals surface area contributed by atoms with Crippen LogP contribution in [0.2, 0.25) is 0 Å².